The van der Waals surface area contributed by atoms with Crippen LogP contribution in [0.15, 0.2) is 42.7 Å². The van der Waals surface area contributed by atoms with Crippen molar-refractivity contribution in [3.8, 4) is 0 Å². The molecule has 0 heterocycles. The smallest absolute Gasteiger partial charge is 0.0615 e. The van der Waals surface area contributed by atoms with Gasteiger partial charge in [0.2, 0.25) is 0 Å². The number of rotatable bonds is 8. The Hall–Kier alpha value is -1.94. The molecule has 20 heavy (non-hydrogen) atoms. The fraction of sp³-hybridized carbons (Fsp3) is 0.375. The van der Waals surface area contributed by atoms with E-state index in [1.54, 1.807) is 0 Å². The standard InChI is InChI=1S/C16H26N4/c1-5-7-11-18-16(13-20(4)6-2)14-9-8-10-15(12-14)19-17-3/h7-13,17-19H,5-6H2,1-4H3/b11-7-,16-13-. The summed E-state index contributed by atoms with van der Waals surface area (Å²) in [6, 6.07) is 8.28. The maximum Gasteiger partial charge on any atom is 0.0615 e. The third kappa shape index (κ3) is 5.36. The zero-order chi connectivity index (χ0) is 14.8. The second kappa shape index (κ2) is 9.04. The summed E-state index contributed by atoms with van der Waals surface area (Å²) in [6.07, 6.45) is 7.24. The van der Waals surface area contributed by atoms with Gasteiger partial charge in [0.1, 0.15) is 0 Å². The maximum absolute atomic E-state index is 3.36. The topological polar surface area (TPSA) is 39.3 Å². The zero-order valence-electron chi connectivity index (χ0n) is 12.9. The van der Waals surface area contributed by atoms with Crippen LogP contribution in [0.5, 0.6) is 0 Å². The van der Waals surface area contributed by atoms with Crippen molar-refractivity contribution in [2.45, 2.75) is 20.3 Å². The molecule has 0 atom stereocenters. The van der Waals surface area contributed by atoms with Gasteiger partial charge in [0.15, 0.2) is 0 Å². The Bertz CT molecular complexity index is 452. The summed E-state index contributed by atoms with van der Waals surface area (Å²) in [6.45, 7) is 5.23. The van der Waals surface area contributed by atoms with Gasteiger partial charge in [-0.2, -0.15) is 0 Å². The van der Waals surface area contributed by atoms with E-state index in [-0.39, 0.29) is 0 Å². The quantitative estimate of drug-likeness (QED) is 0.637. The minimum atomic E-state index is 0.969. The molecular formula is C16H26N4. The summed E-state index contributed by atoms with van der Waals surface area (Å²) < 4.78 is 0. The second-order valence-electron chi connectivity index (χ2n) is 4.53. The lowest BCUT2D eigenvalue weighted by molar-refractivity contribution is 0.484. The monoisotopic (exact) mass is 274 g/mol. The first kappa shape index (κ1) is 16.1. The normalized spacial score (nSPS) is 11.7. The van der Waals surface area contributed by atoms with Gasteiger partial charge in [-0.05, 0) is 31.7 Å². The Balaban J connectivity index is 2.99. The summed E-state index contributed by atoms with van der Waals surface area (Å²) >= 11 is 0. The molecule has 0 amide bonds. The van der Waals surface area contributed by atoms with Gasteiger partial charge >= 0.3 is 0 Å². The lowest BCUT2D eigenvalue weighted by Crippen LogP contribution is -2.16. The number of allylic oxidation sites excluding steroid dienone is 1. The van der Waals surface area contributed by atoms with Crippen LogP contribution >= 0.6 is 0 Å². The van der Waals surface area contributed by atoms with E-state index in [2.05, 4.69) is 66.4 Å². The van der Waals surface area contributed by atoms with Gasteiger partial charge in [-0.15, -0.1) is 0 Å². The van der Waals surface area contributed by atoms with E-state index in [4.69, 9.17) is 0 Å². The van der Waals surface area contributed by atoms with Gasteiger partial charge in [0.25, 0.3) is 0 Å². The van der Waals surface area contributed by atoms with Crippen LogP contribution in [0.2, 0.25) is 0 Å². The predicted molar refractivity (Wildman–Crippen MR) is 88.0 cm³/mol. The van der Waals surface area contributed by atoms with Crippen LogP contribution in [0.3, 0.4) is 0 Å². The van der Waals surface area contributed by atoms with Crippen molar-refractivity contribution in [3.63, 3.8) is 0 Å². The molecule has 0 unspecified atom stereocenters. The van der Waals surface area contributed by atoms with Crippen molar-refractivity contribution >= 4 is 11.4 Å². The van der Waals surface area contributed by atoms with Crippen molar-refractivity contribution in [1.29, 1.82) is 0 Å². The number of anilines is 1. The minimum Gasteiger partial charge on any atom is -0.379 e. The van der Waals surface area contributed by atoms with E-state index in [0.717, 1.165) is 29.9 Å². The third-order valence-corrected chi connectivity index (χ3v) is 2.88. The van der Waals surface area contributed by atoms with E-state index < -0.39 is 0 Å². The summed E-state index contributed by atoms with van der Waals surface area (Å²) in [5, 5.41) is 3.36. The fourth-order valence-corrected chi connectivity index (χ4v) is 1.68. The molecule has 4 heteroatoms. The number of benzene rings is 1. The molecule has 1 aromatic rings. The summed E-state index contributed by atoms with van der Waals surface area (Å²) in [7, 11) is 3.93. The molecule has 0 aliphatic carbocycles. The Kier molecular flexibility index (Phi) is 7.29. The Morgan fingerprint density at radius 3 is 2.75 bits per heavy atom. The van der Waals surface area contributed by atoms with E-state index >= 15 is 0 Å². The lowest BCUT2D eigenvalue weighted by Gasteiger charge is -2.16. The van der Waals surface area contributed by atoms with Crippen molar-refractivity contribution in [2.75, 3.05) is 26.1 Å². The van der Waals surface area contributed by atoms with Crippen LogP contribution in [-0.4, -0.2) is 25.5 Å². The molecule has 1 aromatic carbocycles. The molecule has 0 fully saturated rings. The average Bonchev–Trinajstić information content (AvgIpc) is 2.47. The van der Waals surface area contributed by atoms with E-state index in [9.17, 15) is 0 Å². The molecule has 0 saturated heterocycles. The van der Waals surface area contributed by atoms with Crippen LogP contribution in [-0.2, 0) is 0 Å². The summed E-state index contributed by atoms with van der Waals surface area (Å²) in [4.78, 5) is 2.15. The van der Waals surface area contributed by atoms with Crippen LogP contribution in [0.1, 0.15) is 25.8 Å². The Morgan fingerprint density at radius 1 is 1.30 bits per heavy atom. The van der Waals surface area contributed by atoms with Gasteiger partial charge in [-0.25, -0.2) is 5.43 Å². The molecule has 0 aromatic heterocycles. The SMILES string of the molecule is CC/C=C\N/C(=C\N(C)CC)c1cccc(NNC)c1. The molecule has 1 rings (SSSR count). The highest BCUT2D eigenvalue weighted by atomic mass is 15.3. The van der Waals surface area contributed by atoms with Crippen molar-refractivity contribution in [3.05, 3.63) is 48.3 Å². The van der Waals surface area contributed by atoms with Gasteiger partial charge < -0.3 is 15.6 Å². The molecule has 0 aliphatic rings. The lowest BCUT2D eigenvalue weighted by atomic mass is 10.1. The van der Waals surface area contributed by atoms with Crippen molar-refractivity contribution < 1.29 is 0 Å². The van der Waals surface area contributed by atoms with Gasteiger partial charge in [0.05, 0.1) is 5.70 Å². The van der Waals surface area contributed by atoms with E-state index in [1.165, 1.54) is 0 Å². The van der Waals surface area contributed by atoms with Gasteiger partial charge in [-0.1, -0.05) is 25.1 Å². The second-order valence-corrected chi connectivity index (χ2v) is 4.53. The van der Waals surface area contributed by atoms with Crippen molar-refractivity contribution in [1.82, 2.24) is 15.6 Å². The highest BCUT2D eigenvalue weighted by Gasteiger charge is 2.02. The summed E-state index contributed by atoms with van der Waals surface area (Å²) in [5.41, 5.74) is 9.31. The molecule has 0 bridgehead atoms. The van der Waals surface area contributed by atoms with Gasteiger partial charge in [-0.3, -0.25) is 0 Å². The maximum atomic E-state index is 3.36. The zero-order valence-corrected chi connectivity index (χ0v) is 12.9. The van der Waals surface area contributed by atoms with E-state index in [0.29, 0.717) is 0 Å². The summed E-state index contributed by atoms with van der Waals surface area (Å²) in [5.74, 6) is 0. The molecule has 110 valence electrons. The van der Waals surface area contributed by atoms with Gasteiger partial charge in [0, 0.05) is 38.1 Å². The molecule has 0 spiro atoms. The van der Waals surface area contributed by atoms with Crippen LogP contribution < -0.4 is 16.2 Å². The first-order valence-corrected chi connectivity index (χ1v) is 7.08. The first-order chi connectivity index (χ1) is 9.71. The molecule has 0 saturated carbocycles. The minimum absolute atomic E-state index is 0.969. The molecule has 3 N–H and O–H groups in total. The highest BCUT2D eigenvalue weighted by molar-refractivity contribution is 5.67. The number of nitrogens with one attached hydrogen (secondary N) is 3. The fourth-order valence-electron chi connectivity index (χ4n) is 1.68. The number of hydrogen-bond acceptors (Lipinski definition) is 4. The first-order valence-electron chi connectivity index (χ1n) is 7.08. The highest BCUT2D eigenvalue weighted by Crippen LogP contribution is 2.17. The van der Waals surface area contributed by atoms with Crippen LogP contribution in [0.4, 0.5) is 5.69 Å². The predicted octanol–water partition coefficient (Wildman–Crippen LogP) is 3.00. The number of hydrazine groups is 1. The molecule has 4 nitrogen and oxygen atoms in total. The average molecular weight is 274 g/mol. The molecular weight excluding hydrogens is 248 g/mol. The van der Waals surface area contributed by atoms with Crippen LogP contribution in [0, 0.1) is 0 Å². The van der Waals surface area contributed by atoms with E-state index in [1.807, 2.05) is 25.4 Å². The number of hydrogen-bond donors (Lipinski definition) is 3. The van der Waals surface area contributed by atoms with Crippen LogP contribution in [0.25, 0.3) is 5.70 Å². The molecule has 0 radical (unpaired) electrons. The Morgan fingerprint density at radius 2 is 2.10 bits per heavy atom. The van der Waals surface area contributed by atoms with Crippen molar-refractivity contribution in [2.24, 2.45) is 0 Å². The Labute approximate surface area is 122 Å². The third-order valence-electron chi connectivity index (χ3n) is 2.88. The molecule has 0 aliphatic heterocycles. The largest absolute Gasteiger partial charge is 0.379 e. The number of nitrogens with zero attached hydrogens (tertiary/aromatic N) is 1.